The molecule has 130 valence electrons. The number of imidazole rings is 1. The summed E-state index contributed by atoms with van der Waals surface area (Å²) in [5.74, 6) is 0. The van der Waals surface area contributed by atoms with E-state index in [0.717, 1.165) is 24.9 Å². The number of rotatable bonds is 6. The molecule has 1 N–H and O–H groups in total. The van der Waals surface area contributed by atoms with Crippen molar-refractivity contribution in [3.8, 4) is 0 Å². The van der Waals surface area contributed by atoms with Gasteiger partial charge in [-0.05, 0) is 25.8 Å². The van der Waals surface area contributed by atoms with Gasteiger partial charge >= 0.3 is 6.03 Å². The van der Waals surface area contributed by atoms with Crippen LogP contribution >= 0.6 is 0 Å². The molecule has 1 saturated carbocycles. The maximum absolute atomic E-state index is 12.9. The number of hydrogen-bond acceptors (Lipinski definition) is 3. The molecule has 1 unspecified atom stereocenters. The first kappa shape index (κ1) is 16.6. The predicted octanol–water partition coefficient (Wildman–Crippen LogP) is 3.41. The molecule has 0 radical (unpaired) electrons. The average Bonchev–Trinajstić information content (AvgIpc) is 3.27. The van der Waals surface area contributed by atoms with Gasteiger partial charge in [0.25, 0.3) is 0 Å². The third-order valence-electron chi connectivity index (χ3n) is 4.62. The van der Waals surface area contributed by atoms with Crippen LogP contribution in [0.25, 0.3) is 0 Å². The van der Waals surface area contributed by atoms with Crippen molar-refractivity contribution in [2.45, 2.75) is 64.2 Å². The minimum Gasteiger partial charge on any atom is -0.472 e. The Hall–Kier alpha value is -2.24. The van der Waals surface area contributed by atoms with Gasteiger partial charge in [0.15, 0.2) is 0 Å². The lowest BCUT2D eigenvalue weighted by Crippen LogP contribution is -2.49. The standard InChI is InChI=1S/C18H26N4O2/c1-15(11-21-9-8-19-14-21)20-18(23)22(12-16-7-10-24-13-16)17-5-3-2-4-6-17/h7-10,13-15,17H,2-6,11-12H2,1H3,(H,20,23). The number of nitrogens with one attached hydrogen (secondary N) is 1. The Morgan fingerprint density at radius 3 is 2.96 bits per heavy atom. The van der Waals surface area contributed by atoms with Crippen LogP contribution in [0.5, 0.6) is 0 Å². The molecule has 2 aromatic rings. The van der Waals surface area contributed by atoms with Crippen molar-refractivity contribution >= 4 is 6.03 Å². The van der Waals surface area contributed by atoms with Crippen LogP contribution in [0.2, 0.25) is 0 Å². The van der Waals surface area contributed by atoms with Gasteiger partial charge in [-0.15, -0.1) is 0 Å². The monoisotopic (exact) mass is 330 g/mol. The second kappa shape index (κ2) is 8.04. The molecule has 3 rings (SSSR count). The molecule has 24 heavy (non-hydrogen) atoms. The summed E-state index contributed by atoms with van der Waals surface area (Å²) in [6.45, 7) is 3.34. The number of hydrogen-bond donors (Lipinski definition) is 1. The van der Waals surface area contributed by atoms with Gasteiger partial charge < -0.3 is 19.2 Å². The fourth-order valence-electron chi connectivity index (χ4n) is 3.39. The molecular weight excluding hydrogens is 304 g/mol. The van der Waals surface area contributed by atoms with Crippen LogP contribution in [0, 0.1) is 0 Å². The summed E-state index contributed by atoms with van der Waals surface area (Å²) in [7, 11) is 0. The summed E-state index contributed by atoms with van der Waals surface area (Å²) < 4.78 is 7.14. The highest BCUT2D eigenvalue weighted by Gasteiger charge is 2.26. The Labute approximate surface area is 142 Å². The van der Waals surface area contributed by atoms with Gasteiger partial charge in [0.1, 0.15) is 0 Å². The molecule has 0 spiro atoms. The number of aromatic nitrogens is 2. The van der Waals surface area contributed by atoms with Crippen molar-refractivity contribution < 1.29 is 9.21 Å². The van der Waals surface area contributed by atoms with Crippen molar-refractivity contribution in [2.75, 3.05) is 0 Å². The summed E-state index contributed by atoms with van der Waals surface area (Å²) in [6, 6.07) is 2.30. The Balaban J connectivity index is 1.63. The highest BCUT2D eigenvalue weighted by Crippen LogP contribution is 2.24. The maximum atomic E-state index is 12.9. The Kier molecular flexibility index (Phi) is 5.56. The molecule has 2 amide bonds. The van der Waals surface area contributed by atoms with Crippen molar-refractivity contribution in [3.63, 3.8) is 0 Å². The number of amides is 2. The van der Waals surface area contributed by atoms with E-state index in [1.165, 1.54) is 19.3 Å². The maximum Gasteiger partial charge on any atom is 0.318 e. The zero-order valence-electron chi connectivity index (χ0n) is 14.2. The number of carbonyl (C=O) groups excluding carboxylic acids is 1. The summed E-state index contributed by atoms with van der Waals surface area (Å²) in [4.78, 5) is 18.9. The van der Waals surface area contributed by atoms with Gasteiger partial charge in [0.05, 0.1) is 25.4 Å². The highest BCUT2D eigenvalue weighted by molar-refractivity contribution is 5.74. The minimum atomic E-state index is 0.00992. The van der Waals surface area contributed by atoms with Crippen LogP contribution in [-0.2, 0) is 13.1 Å². The molecule has 6 nitrogen and oxygen atoms in total. The van der Waals surface area contributed by atoms with Gasteiger partial charge in [0, 0.05) is 36.6 Å². The van der Waals surface area contributed by atoms with Crippen LogP contribution in [0.3, 0.4) is 0 Å². The molecule has 0 bridgehead atoms. The Morgan fingerprint density at radius 1 is 1.46 bits per heavy atom. The van der Waals surface area contributed by atoms with Gasteiger partial charge in [-0.1, -0.05) is 19.3 Å². The summed E-state index contributed by atoms with van der Waals surface area (Å²) >= 11 is 0. The zero-order valence-corrected chi connectivity index (χ0v) is 14.2. The van der Waals surface area contributed by atoms with Crippen molar-refractivity contribution in [3.05, 3.63) is 42.9 Å². The first-order chi connectivity index (χ1) is 11.7. The first-order valence-electron chi connectivity index (χ1n) is 8.76. The van der Waals surface area contributed by atoms with Crippen LogP contribution in [-0.4, -0.2) is 32.6 Å². The van der Waals surface area contributed by atoms with Crippen molar-refractivity contribution in [1.29, 1.82) is 0 Å². The van der Waals surface area contributed by atoms with Gasteiger partial charge in [-0.3, -0.25) is 0 Å². The van der Waals surface area contributed by atoms with E-state index in [-0.39, 0.29) is 12.1 Å². The third-order valence-corrected chi connectivity index (χ3v) is 4.62. The largest absolute Gasteiger partial charge is 0.472 e. The molecule has 2 heterocycles. The minimum absolute atomic E-state index is 0.00992. The lowest BCUT2D eigenvalue weighted by Gasteiger charge is -2.35. The summed E-state index contributed by atoms with van der Waals surface area (Å²) in [5.41, 5.74) is 1.04. The van der Waals surface area contributed by atoms with Crippen LogP contribution < -0.4 is 5.32 Å². The van der Waals surface area contributed by atoms with Crippen molar-refractivity contribution in [2.24, 2.45) is 0 Å². The molecule has 0 aliphatic heterocycles. The molecule has 0 aromatic carbocycles. The lowest BCUT2D eigenvalue weighted by molar-refractivity contribution is 0.147. The highest BCUT2D eigenvalue weighted by atomic mass is 16.3. The Bertz CT molecular complexity index is 603. The predicted molar refractivity (Wildman–Crippen MR) is 91.3 cm³/mol. The number of furan rings is 1. The Morgan fingerprint density at radius 2 is 2.29 bits per heavy atom. The second-order valence-electron chi connectivity index (χ2n) is 6.66. The molecule has 6 heteroatoms. The smallest absolute Gasteiger partial charge is 0.318 e. The van der Waals surface area contributed by atoms with Gasteiger partial charge in [-0.2, -0.15) is 0 Å². The first-order valence-corrected chi connectivity index (χ1v) is 8.76. The van der Waals surface area contributed by atoms with E-state index in [1.807, 2.05) is 28.7 Å². The topological polar surface area (TPSA) is 63.3 Å². The van der Waals surface area contributed by atoms with Crippen LogP contribution in [0.1, 0.15) is 44.6 Å². The fourth-order valence-corrected chi connectivity index (χ4v) is 3.39. The number of nitrogens with zero attached hydrogens (tertiary/aromatic N) is 3. The molecule has 1 fully saturated rings. The van der Waals surface area contributed by atoms with E-state index < -0.39 is 0 Å². The average molecular weight is 330 g/mol. The van der Waals surface area contributed by atoms with E-state index in [2.05, 4.69) is 10.3 Å². The van der Waals surface area contributed by atoms with Crippen molar-refractivity contribution in [1.82, 2.24) is 19.8 Å². The summed E-state index contributed by atoms with van der Waals surface area (Å²) in [6.07, 6.45) is 14.7. The number of urea groups is 1. The number of carbonyl (C=O) groups is 1. The fraction of sp³-hybridized carbons (Fsp3) is 0.556. The zero-order chi connectivity index (χ0) is 16.8. The van der Waals surface area contributed by atoms with E-state index in [4.69, 9.17) is 4.42 Å². The molecule has 2 aromatic heterocycles. The quantitative estimate of drug-likeness (QED) is 0.883. The van der Waals surface area contributed by atoms with E-state index >= 15 is 0 Å². The molecule has 1 aliphatic rings. The molecule has 1 atom stereocenters. The molecular formula is C18H26N4O2. The lowest BCUT2D eigenvalue weighted by atomic mass is 9.94. The van der Waals surface area contributed by atoms with Crippen LogP contribution in [0.4, 0.5) is 4.79 Å². The second-order valence-corrected chi connectivity index (χ2v) is 6.66. The van der Waals surface area contributed by atoms with E-state index in [1.54, 1.807) is 25.1 Å². The van der Waals surface area contributed by atoms with Crippen LogP contribution in [0.15, 0.2) is 41.7 Å². The summed E-state index contributed by atoms with van der Waals surface area (Å²) in [5, 5.41) is 3.14. The SMILES string of the molecule is CC(Cn1ccnc1)NC(=O)N(Cc1ccoc1)C1CCCCC1. The normalized spacial score (nSPS) is 16.7. The van der Waals surface area contributed by atoms with E-state index in [0.29, 0.717) is 12.6 Å². The van der Waals surface area contributed by atoms with Gasteiger partial charge in [0.2, 0.25) is 0 Å². The molecule has 0 saturated heterocycles. The third kappa shape index (κ3) is 4.40. The van der Waals surface area contributed by atoms with E-state index in [9.17, 15) is 4.79 Å². The van der Waals surface area contributed by atoms with Gasteiger partial charge in [-0.25, -0.2) is 9.78 Å². The molecule has 1 aliphatic carbocycles.